The summed E-state index contributed by atoms with van der Waals surface area (Å²) >= 11 is 0. The Bertz CT molecular complexity index is 994. The van der Waals surface area contributed by atoms with Crippen molar-refractivity contribution in [2.24, 2.45) is 0 Å². The summed E-state index contributed by atoms with van der Waals surface area (Å²) in [6, 6.07) is 10.6. The molecule has 1 spiro atoms. The van der Waals surface area contributed by atoms with Crippen LogP contribution in [0.2, 0.25) is 0 Å². The van der Waals surface area contributed by atoms with E-state index in [0.717, 1.165) is 48.2 Å². The Morgan fingerprint density at radius 2 is 1.86 bits per heavy atom. The second-order valence-electron chi connectivity index (χ2n) is 8.31. The van der Waals surface area contributed by atoms with E-state index in [1.165, 1.54) is 6.07 Å². The quantitative estimate of drug-likeness (QED) is 0.746. The van der Waals surface area contributed by atoms with Gasteiger partial charge < -0.3 is 9.80 Å². The monoisotopic (exact) mass is 378 g/mol. The molecule has 5 heteroatoms. The van der Waals surface area contributed by atoms with Gasteiger partial charge in [-0.3, -0.25) is 9.59 Å². The van der Waals surface area contributed by atoms with Crippen molar-refractivity contribution in [3.8, 4) is 0 Å². The number of fused-ring (bicyclic) bond motifs is 3. The van der Waals surface area contributed by atoms with Gasteiger partial charge in [0.05, 0.1) is 5.69 Å². The molecule has 2 heterocycles. The van der Waals surface area contributed by atoms with Crippen molar-refractivity contribution in [2.75, 3.05) is 23.4 Å². The SMILES string of the molecule is CN1C(=O)CCc2cc(C(=O)N3CC4(CCCC4)c4c(F)cccc43)ccc21. The van der Waals surface area contributed by atoms with Gasteiger partial charge in [-0.2, -0.15) is 0 Å². The molecule has 5 rings (SSSR count). The average molecular weight is 378 g/mol. The lowest BCUT2D eigenvalue weighted by atomic mass is 9.80. The topological polar surface area (TPSA) is 40.6 Å². The molecule has 2 amide bonds. The molecule has 2 aromatic rings. The number of hydrogen-bond acceptors (Lipinski definition) is 2. The number of amides is 2. The molecule has 0 unspecified atom stereocenters. The fourth-order valence-corrected chi connectivity index (χ4v) is 5.32. The van der Waals surface area contributed by atoms with Crippen LogP contribution in [0.3, 0.4) is 0 Å². The molecule has 1 fully saturated rings. The summed E-state index contributed by atoms with van der Waals surface area (Å²) in [5.74, 6) is -0.183. The van der Waals surface area contributed by atoms with Crippen LogP contribution in [0, 0.1) is 5.82 Å². The van der Waals surface area contributed by atoms with E-state index in [1.54, 1.807) is 29.0 Å². The predicted octanol–water partition coefficient (Wildman–Crippen LogP) is 4.21. The van der Waals surface area contributed by atoms with E-state index in [-0.39, 0.29) is 23.0 Å². The average Bonchev–Trinajstić information content (AvgIpc) is 3.30. The van der Waals surface area contributed by atoms with Gasteiger partial charge in [0.25, 0.3) is 5.91 Å². The molecule has 0 bridgehead atoms. The molecule has 144 valence electrons. The normalized spacial score (nSPS) is 19.9. The maximum Gasteiger partial charge on any atom is 0.258 e. The Morgan fingerprint density at radius 1 is 1.07 bits per heavy atom. The minimum absolute atomic E-state index is 0.0852. The first-order chi connectivity index (χ1) is 13.5. The summed E-state index contributed by atoms with van der Waals surface area (Å²) in [5.41, 5.74) is 3.69. The molecule has 4 nitrogen and oxygen atoms in total. The van der Waals surface area contributed by atoms with E-state index in [2.05, 4.69) is 0 Å². The molecular weight excluding hydrogens is 355 g/mol. The lowest BCUT2D eigenvalue weighted by molar-refractivity contribution is -0.118. The molecule has 0 radical (unpaired) electrons. The Kier molecular flexibility index (Phi) is 3.83. The standard InChI is InChI=1S/C23H23FN2O2/c1-25-18-9-7-16(13-15(18)8-10-20(25)27)22(28)26-14-23(11-2-3-12-23)21-17(24)5-4-6-19(21)26/h4-7,9,13H,2-3,8,10-12,14H2,1H3. The van der Waals surface area contributed by atoms with Crippen molar-refractivity contribution in [1.82, 2.24) is 0 Å². The molecule has 0 saturated heterocycles. The first-order valence-electron chi connectivity index (χ1n) is 10.0. The number of nitrogens with zero attached hydrogens (tertiary/aromatic N) is 2. The van der Waals surface area contributed by atoms with Crippen molar-refractivity contribution in [3.63, 3.8) is 0 Å². The van der Waals surface area contributed by atoms with Crippen molar-refractivity contribution in [1.29, 1.82) is 0 Å². The van der Waals surface area contributed by atoms with Gasteiger partial charge in [-0.1, -0.05) is 18.9 Å². The fraction of sp³-hybridized carbons (Fsp3) is 0.391. The lowest BCUT2D eigenvalue weighted by Gasteiger charge is -2.27. The Morgan fingerprint density at radius 3 is 2.64 bits per heavy atom. The highest BCUT2D eigenvalue weighted by atomic mass is 19.1. The molecule has 1 aliphatic carbocycles. The largest absolute Gasteiger partial charge is 0.315 e. The zero-order chi connectivity index (χ0) is 19.5. The molecular formula is C23H23FN2O2. The third kappa shape index (κ3) is 2.42. The van der Waals surface area contributed by atoms with E-state index in [4.69, 9.17) is 0 Å². The molecule has 28 heavy (non-hydrogen) atoms. The summed E-state index contributed by atoms with van der Waals surface area (Å²) < 4.78 is 14.8. The highest BCUT2D eigenvalue weighted by Crippen LogP contribution is 2.51. The number of aryl methyl sites for hydroxylation is 1. The third-order valence-corrected chi connectivity index (χ3v) is 6.75. The number of carbonyl (C=O) groups is 2. The second kappa shape index (κ2) is 6.16. The van der Waals surface area contributed by atoms with E-state index in [0.29, 0.717) is 24.9 Å². The molecule has 1 saturated carbocycles. The van der Waals surface area contributed by atoms with Crippen LogP contribution in [-0.2, 0) is 16.6 Å². The van der Waals surface area contributed by atoms with E-state index < -0.39 is 0 Å². The van der Waals surface area contributed by atoms with E-state index >= 15 is 0 Å². The van der Waals surface area contributed by atoms with Crippen LogP contribution < -0.4 is 9.80 Å². The minimum Gasteiger partial charge on any atom is -0.315 e. The Balaban J connectivity index is 1.53. The summed E-state index contributed by atoms with van der Waals surface area (Å²) in [5, 5.41) is 0. The first-order valence-corrected chi connectivity index (χ1v) is 10.0. The van der Waals surface area contributed by atoms with Crippen LogP contribution in [0.15, 0.2) is 36.4 Å². The van der Waals surface area contributed by atoms with Gasteiger partial charge in [0.15, 0.2) is 0 Å². The molecule has 0 N–H and O–H groups in total. The van der Waals surface area contributed by atoms with Crippen LogP contribution >= 0.6 is 0 Å². The van der Waals surface area contributed by atoms with Gasteiger partial charge >= 0.3 is 0 Å². The fourth-order valence-electron chi connectivity index (χ4n) is 5.32. The van der Waals surface area contributed by atoms with Gasteiger partial charge in [0.2, 0.25) is 5.91 Å². The highest BCUT2D eigenvalue weighted by Gasteiger charge is 2.48. The van der Waals surface area contributed by atoms with Crippen molar-refractivity contribution in [2.45, 2.75) is 43.9 Å². The molecule has 0 atom stereocenters. The molecule has 2 aromatic carbocycles. The van der Waals surface area contributed by atoms with Crippen molar-refractivity contribution >= 4 is 23.2 Å². The van der Waals surface area contributed by atoms with Crippen LogP contribution in [-0.4, -0.2) is 25.4 Å². The third-order valence-electron chi connectivity index (χ3n) is 6.75. The number of carbonyl (C=O) groups excluding carboxylic acids is 2. The molecule has 3 aliphatic rings. The Labute approximate surface area is 163 Å². The van der Waals surface area contributed by atoms with Gasteiger partial charge in [0, 0.05) is 42.2 Å². The van der Waals surface area contributed by atoms with E-state index in [1.807, 2.05) is 18.2 Å². The van der Waals surface area contributed by atoms with Crippen LogP contribution in [0.5, 0.6) is 0 Å². The maximum atomic E-state index is 14.8. The van der Waals surface area contributed by atoms with Crippen molar-refractivity contribution in [3.05, 3.63) is 58.9 Å². The number of anilines is 2. The summed E-state index contributed by atoms with van der Waals surface area (Å²) in [4.78, 5) is 28.7. The minimum atomic E-state index is -0.239. The number of benzene rings is 2. The first kappa shape index (κ1) is 17.4. The number of hydrogen-bond donors (Lipinski definition) is 0. The van der Waals surface area contributed by atoms with Crippen LogP contribution in [0.4, 0.5) is 15.8 Å². The van der Waals surface area contributed by atoms with Gasteiger partial charge in [-0.25, -0.2) is 4.39 Å². The zero-order valence-corrected chi connectivity index (χ0v) is 16.0. The maximum absolute atomic E-state index is 14.8. The molecule has 2 aliphatic heterocycles. The Hall–Kier alpha value is -2.69. The van der Waals surface area contributed by atoms with Crippen LogP contribution in [0.1, 0.15) is 53.6 Å². The highest BCUT2D eigenvalue weighted by molar-refractivity contribution is 6.08. The smallest absolute Gasteiger partial charge is 0.258 e. The van der Waals surface area contributed by atoms with Gasteiger partial charge in [-0.15, -0.1) is 0 Å². The van der Waals surface area contributed by atoms with Gasteiger partial charge in [-0.05, 0) is 55.2 Å². The lowest BCUT2D eigenvalue weighted by Crippen LogP contribution is -2.36. The zero-order valence-electron chi connectivity index (χ0n) is 16.0. The number of rotatable bonds is 1. The summed E-state index contributed by atoms with van der Waals surface area (Å²) in [6.07, 6.45) is 5.13. The van der Waals surface area contributed by atoms with Gasteiger partial charge in [0.1, 0.15) is 5.82 Å². The number of halogens is 1. The van der Waals surface area contributed by atoms with Crippen LogP contribution in [0.25, 0.3) is 0 Å². The summed E-state index contributed by atoms with van der Waals surface area (Å²) in [7, 11) is 1.77. The predicted molar refractivity (Wildman–Crippen MR) is 106 cm³/mol. The van der Waals surface area contributed by atoms with Crippen molar-refractivity contribution < 1.29 is 14.0 Å². The van der Waals surface area contributed by atoms with E-state index in [9.17, 15) is 14.0 Å². The molecule has 0 aromatic heterocycles. The second-order valence-corrected chi connectivity index (χ2v) is 8.31. The summed E-state index contributed by atoms with van der Waals surface area (Å²) in [6.45, 7) is 0.553.